The highest BCUT2D eigenvalue weighted by Gasteiger charge is 2.31. The molecule has 1 N–H and O–H groups in total. The minimum absolute atomic E-state index is 0.128. The summed E-state index contributed by atoms with van der Waals surface area (Å²) in [7, 11) is 0. The van der Waals surface area contributed by atoms with E-state index in [4.69, 9.17) is 9.47 Å². The van der Waals surface area contributed by atoms with Crippen LogP contribution >= 0.6 is 11.8 Å². The SMILES string of the molecule is CCOC(=O)[C@@H]1CSC(CCN(CCCc2ccccc2)C(=O)OC(C)(C)C)N1. The first-order chi connectivity index (χ1) is 13.8. The lowest BCUT2D eigenvalue weighted by molar-refractivity contribution is -0.144. The summed E-state index contributed by atoms with van der Waals surface area (Å²) < 4.78 is 10.7. The predicted molar refractivity (Wildman–Crippen MR) is 117 cm³/mol. The van der Waals surface area contributed by atoms with Crippen molar-refractivity contribution in [1.29, 1.82) is 0 Å². The molecule has 1 aromatic carbocycles. The standard InChI is InChI=1S/C22H34N2O4S/c1-5-27-20(25)18-16-29-19(23-18)13-15-24(21(26)28-22(2,3)4)14-9-12-17-10-7-6-8-11-17/h6-8,10-11,18-19,23H,5,9,12-16H2,1-4H3/t18-,19?/m0/s1. The number of ether oxygens (including phenoxy) is 2. The molecule has 1 unspecified atom stereocenters. The highest BCUT2D eigenvalue weighted by Crippen LogP contribution is 2.23. The van der Waals surface area contributed by atoms with Crippen LogP contribution < -0.4 is 5.32 Å². The Hall–Kier alpha value is -1.73. The second kappa shape index (κ2) is 11.5. The van der Waals surface area contributed by atoms with Crippen LogP contribution in [0.3, 0.4) is 0 Å². The highest BCUT2D eigenvalue weighted by atomic mass is 32.2. The lowest BCUT2D eigenvalue weighted by atomic mass is 10.1. The van der Waals surface area contributed by atoms with Gasteiger partial charge in [0.05, 0.1) is 12.0 Å². The summed E-state index contributed by atoms with van der Waals surface area (Å²) in [5, 5.41) is 3.44. The second-order valence-electron chi connectivity index (χ2n) is 8.14. The maximum absolute atomic E-state index is 12.7. The Balaban J connectivity index is 1.86. The van der Waals surface area contributed by atoms with E-state index in [0.29, 0.717) is 25.4 Å². The molecule has 0 spiro atoms. The van der Waals surface area contributed by atoms with Crippen LogP contribution in [-0.2, 0) is 20.7 Å². The van der Waals surface area contributed by atoms with Crippen LogP contribution in [0.1, 0.15) is 46.1 Å². The Bertz CT molecular complexity index is 648. The molecule has 2 atom stereocenters. The van der Waals surface area contributed by atoms with Gasteiger partial charge in [-0.3, -0.25) is 10.1 Å². The van der Waals surface area contributed by atoms with Gasteiger partial charge in [0.1, 0.15) is 11.6 Å². The molecule has 1 amide bonds. The smallest absolute Gasteiger partial charge is 0.410 e. The van der Waals surface area contributed by atoms with Crippen LogP contribution in [0.15, 0.2) is 30.3 Å². The van der Waals surface area contributed by atoms with Crippen molar-refractivity contribution < 1.29 is 19.1 Å². The van der Waals surface area contributed by atoms with Crippen molar-refractivity contribution in [2.75, 3.05) is 25.4 Å². The Labute approximate surface area is 178 Å². The number of carbonyl (C=O) groups is 2. The average molecular weight is 423 g/mol. The first-order valence-corrected chi connectivity index (χ1v) is 11.4. The average Bonchev–Trinajstić information content (AvgIpc) is 3.13. The van der Waals surface area contributed by atoms with Crippen molar-refractivity contribution in [2.24, 2.45) is 0 Å². The minimum Gasteiger partial charge on any atom is -0.465 e. The molecular formula is C22H34N2O4S. The third-order valence-electron chi connectivity index (χ3n) is 4.47. The number of thioether (sulfide) groups is 1. The summed E-state index contributed by atoms with van der Waals surface area (Å²) in [5.41, 5.74) is 0.742. The lowest BCUT2D eigenvalue weighted by Crippen LogP contribution is -2.41. The molecule has 1 aromatic rings. The van der Waals surface area contributed by atoms with Crippen molar-refractivity contribution in [1.82, 2.24) is 10.2 Å². The molecule has 0 aromatic heterocycles. The Morgan fingerprint density at radius 2 is 1.93 bits per heavy atom. The quantitative estimate of drug-likeness (QED) is 0.610. The first-order valence-electron chi connectivity index (χ1n) is 10.3. The number of nitrogens with zero attached hydrogens (tertiary/aromatic N) is 1. The van der Waals surface area contributed by atoms with Crippen LogP contribution in [0.5, 0.6) is 0 Å². The molecule has 2 rings (SSSR count). The maximum Gasteiger partial charge on any atom is 0.410 e. The van der Waals surface area contributed by atoms with Gasteiger partial charge < -0.3 is 14.4 Å². The summed E-state index contributed by atoms with van der Waals surface area (Å²) in [4.78, 5) is 26.3. The number of nitrogens with one attached hydrogen (secondary N) is 1. The van der Waals surface area contributed by atoms with E-state index < -0.39 is 5.60 Å². The molecule has 0 bridgehead atoms. The van der Waals surface area contributed by atoms with Gasteiger partial charge in [-0.25, -0.2) is 4.79 Å². The van der Waals surface area contributed by atoms with E-state index in [9.17, 15) is 9.59 Å². The topological polar surface area (TPSA) is 67.9 Å². The van der Waals surface area contributed by atoms with Gasteiger partial charge in [-0.15, -0.1) is 11.8 Å². The fourth-order valence-electron chi connectivity index (χ4n) is 3.09. The normalized spacial score (nSPS) is 19.0. The summed E-state index contributed by atoms with van der Waals surface area (Å²) in [6, 6.07) is 10.0. The molecule has 29 heavy (non-hydrogen) atoms. The summed E-state index contributed by atoms with van der Waals surface area (Å²) >= 11 is 1.70. The van der Waals surface area contributed by atoms with Crippen LogP contribution in [0.25, 0.3) is 0 Å². The maximum atomic E-state index is 12.7. The van der Waals surface area contributed by atoms with Gasteiger partial charge in [-0.2, -0.15) is 0 Å². The largest absolute Gasteiger partial charge is 0.465 e. The fourth-order valence-corrected chi connectivity index (χ4v) is 4.28. The van der Waals surface area contributed by atoms with Gasteiger partial charge in [-0.1, -0.05) is 30.3 Å². The Kier molecular flexibility index (Phi) is 9.30. The summed E-state index contributed by atoms with van der Waals surface area (Å²) in [6.07, 6.45) is 2.27. The second-order valence-corrected chi connectivity index (χ2v) is 9.37. The number of aryl methyl sites for hydroxylation is 1. The van der Waals surface area contributed by atoms with Crippen LogP contribution in [-0.4, -0.2) is 59.4 Å². The molecule has 1 aliphatic rings. The first kappa shape index (κ1) is 23.5. The molecule has 6 nitrogen and oxygen atoms in total. The zero-order chi connectivity index (χ0) is 21.3. The van der Waals surface area contributed by atoms with Crippen LogP contribution in [0.4, 0.5) is 4.79 Å². The van der Waals surface area contributed by atoms with Gasteiger partial charge in [0, 0.05) is 18.8 Å². The number of rotatable bonds is 9. The molecule has 1 saturated heterocycles. The molecule has 0 aliphatic carbocycles. The van der Waals surface area contributed by atoms with Gasteiger partial charge >= 0.3 is 12.1 Å². The minimum atomic E-state index is -0.524. The van der Waals surface area contributed by atoms with Crippen molar-refractivity contribution in [3.05, 3.63) is 35.9 Å². The number of benzene rings is 1. The Morgan fingerprint density at radius 3 is 2.59 bits per heavy atom. The molecular weight excluding hydrogens is 388 g/mol. The summed E-state index contributed by atoms with van der Waals surface area (Å²) in [5.74, 6) is 0.499. The molecule has 1 fully saturated rings. The highest BCUT2D eigenvalue weighted by molar-refractivity contribution is 8.00. The molecule has 0 saturated carbocycles. The van der Waals surface area contributed by atoms with E-state index in [1.54, 1.807) is 16.7 Å². The van der Waals surface area contributed by atoms with Crippen LogP contribution in [0, 0.1) is 0 Å². The molecule has 0 radical (unpaired) electrons. The molecule has 162 valence electrons. The van der Waals surface area contributed by atoms with Gasteiger partial charge in [0.2, 0.25) is 0 Å². The van der Waals surface area contributed by atoms with Crippen LogP contribution in [0.2, 0.25) is 0 Å². The number of hydrogen-bond acceptors (Lipinski definition) is 6. The summed E-state index contributed by atoms with van der Waals surface area (Å²) in [6.45, 7) is 9.07. The molecule has 1 heterocycles. The van der Waals surface area contributed by atoms with E-state index in [0.717, 1.165) is 19.3 Å². The van der Waals surface area contributed by atoms with Crippen molar-refractivity contribution in [3.63, 3.8) is 0 Å². The number of hydrogen-bond donors (Lipinski definition) is 1. The van der Waals surface area contributed by atoms with E-state index in [1.165, 1.54) is 5.56 Å². The van der Waals surface area contributed by atoms with Gasteiger partial charge in [0.25, 0.3) is 0 Å². The fraction of sp³-hybridized carbons (Fsp3) is 0.636. The zero-order valence-electron chi connectivity index (χ0n) is 18.0. The van der Waals surface area contributed by atoms with Gasteiger partial charge in [-0.05, 0) is 52.5 Å². The third-order valence-corrected chi connectivity index (χ3v) is 5.77. The number of esters is 1. The Morgan fingerprint density at radius 1 is 1.21 bits per heavy atom. The zero-order valence-corrected chi connectivity index (χ0v) is 18.8. The van der Waals surface area contributed by atoms with Crippen molar-refractivity contribution in [3.8, 4) is 0 Å². The van der Waals surface area contributed by atoms with Gasteiger partial charge in [0.15, 0.2) is 0 Å². The lowest BCUT2D eigenvalue weighted by Gasteiger charge is -2.28. The monoisotopic (exact) mass is 422 g/mol. The molecule has 1 aliphatic heterocycles. The van der Waals surface area contributed by atoms with E-state index in [-0.39, 0.29) is 23.5 Å². The number of amides is 1. The van der Waals surface area contributed by atoms with Crippen molar-refractivity contribution in [2.45, 2.75) is 64.0 Å². The van der Waals surface area contributed by atoms with E-state index >= 15 is 0 Å². The number of carbonyl (C=O) groups excluding carboxylic acids is 2. The third kappa shape index (κ3) is 8.66. The molecule has 7 heteroatoms. The van der Waals surface area contributed by atoms with Crippen molar-refractivity contribution >= 4 is 23.8 Å². The van der Waals surface area contributed by atoms with E-state index in [1.807, 2.05) is 45.9 Å². The van der Waals surface area contributed by atoms with E-state index in [2.05, 4.69) is 17.4 Å². The predicted octanol–water partition coefficient (Wildman–Crippen LogP) is 3.84.